The molecule has 1 N–H and O–H groups in total. The summed E-state index contributed by atoms with van der Waals surface area (Å²) in [5, 5.41) is 2.57. The fraction of sp³-hybridized carbons (Fsp3) is 0.417. The highest BCUT2D eigenvalue weighted by atomic mass is 35.5. The number of carbonyl (C=O) groups excluding carboxylic acids is 2. The first kappa shape index (κ1) is 27.6. The van der Waals surface area contributed by atoms with E-state index in [-0.39, 0.29) is 29.2 Å². The summed E-state index contributed by atoms with van der Waals surface area (Å²) in [5.41, 5.74) is 1.85. The molecule has 2 amide bonds. The van der Waals surface area contributed by atoms with Gasteiger partial charge in [-0.2, -0.15) is 0 Å². The predicted octanol–water partition coefficient (Wildman–Crippen LogP) is 3.89. The molecule has 10 heteroatoms. The molecular weight excluding hydrogens is 481 g/mol. The molecule has 0 unspecified atom stereocenters. The number of carbonyl (C=O) groups is 2. The average molecular weight is 512 g/mol. The molecule has 0 heterocycles. The topological polar surface area (TPSA) is 86.8 Å². The average Bonchev–Trinajstić information content (AvgIpc) is 2.72. The summed E-state index contributed by atoms with van der Waals surface area (Å²) in [6, 6.07) is 10.0. The molecule has 0 aromatic heterocycles. The number of anilines is 1. The zero-order chi connectivity index (χ0) is 25.6. The van der Waals surface area contributed by atoms with Gasteiger partial charge in [0.15, 0.2) is 0 Å². The standard InChI is InChI=1S/C24H31ClFN3O4S/c1-6-22(24(31)27-16(2)3)28(14-18-9-7-8-17(4)12-18)23(30)15-29(34(5,32)33)19-10-11-21(26)20(25)13-19/h7-13,16,22H,6,14-15H2,1-5H3,(H,27,31)/t22-/m1/s1. The Kier molecular flexibility index (Phi) is 9.46. The monoisotopic (exact) mass is 511 g/mol. The molecule has 0 bridgehead atoms. The fourth-order valence-electron chi connectivity index (χ4n) is 3.56. The Morgan fingerprint density at radius 3 is 2.35 bits per heavy atom. The Bertz CT molecular complexity index is 1140. The molecule has 186 valence electrons. The Morgan fingerprint density at radius 2 is 1.82 bits per heavy atom. The van der Waals surface area contributed by atoms with Crippen LogP contribution in [0.5, 0.6) is 0 Å². The van der Waals surface area contributed by atoms with Crippen LogP contribution in [0.2, 0.25) is 5.02 Å². The number of hydrogen-bond donors (Lipinski definition) is 1. The number of amides is 2. The first-order valence-electron chi connectivity index (χ1n) is 10.9. The van der Waals surface area contributed by atoms with Crippen molar-refractivity contribution in [2.45, 2.75) is 52.7 Å². The summed E-state index contributed by atoms with van der Waals surface area (Å²) in [7, 11) is -3.92. The van der Waals surface area contributed by atoms with E-state index in [4.69, 9.17) is 11.6 Å². The van der Waals surface area contributed by atoms with Crippen LogP contribution in [0.15, 0.2) is 42.5 Å². The highest BCUT2D eigenvalue weighted by molar-refractivity contribution is 7.92. The van der Waals surface area contributed by atoms with Crippen LogP contribution in [0.25, 0.3) is 0 Å². The molecule has 0 spiro atoms. The van der Waals surface area contributed by atoms with Crippen LogP contribution in [-0.2, 0) is 26.2 Å². The van der Waals surface area contributed by atoms with E-state index in [1.54, 1.807) is 6.92 Å². The molecule has 7 nitrogen and oxygen atoms in total. The van der Waals surface area contributed by atoms with Crippen LogP contribution in [0.4, 0.5) is 10.1 Å². The maximum Gasteiger partial charge on any atom is 0.244 e. The van der Waals surface area contributed by atoms with Gasteiger partial charge < -0.3 is 10.2 Å². The predicted molar refractivity (Wildman–Crippen MR) is 133 cm³/mol. The molecule has 2 aromatic rings. The summed E-state index contributed by atoms with van der Waals surface area (Å²) in [6.45, 7) is 6.89. The van der Waals surface area contributed by atoms with Crippen molar-refractivity contribution in [3.8, 4) is 0 Å². The minimum absolute atomic E-state index is 0.0532. The van der Waals surface area contributed by atoms with E-state index in [9.17, 15) is 22.4 Å². The Balaban J connectivity index is 2.46. The lowest BCUT2D eigenvalue weighted by molar-refractivity contribution is -0.140. The van der Waals surface area contributed by atoms with Gasteiger partial charge in [-0.3, -0.25) is 13.9 Å². The molecule has 0 aliphatic heterocycles. The largest absolute Gasteiger partial charge is 0.352 e. The van der Waals surface area contributed by atoms with Gasteiger partial charge in [0, 0.05) is 12.6 Å². The van der Waals surface area contributed by atoms with Crippen molar-refractivity contribution in [3.63, 3.8) is 0 Å². The van der Waals surface area contributed by atoms with Gasteiger partial charge in [-0.15, -0.1) is 0 Å². The molecule has 0 fully saturated rings. The van der Waals surface area contributed by atoms with E-state index in [0.717, 1.165) is 33.8 Å². The maximum atomic E-state index is 13.6. The Hall–Kier alpha value is -2.65. The van der Waals surface area contributed by atoms with Crippen LogP contribution in [0.3, 0.4) is 0 Å². The fourth-order valence-corrected chi connectivity index (χ4v) is 4.58. The van der Waals surface area contributed by atoms with Crippen molar-refractivity contribution < 1.29 is 22.4 Å². The Labute approximate surface area is 205 Å². The van der Waals surface area contributed by atoms with E-state index < -0.39 is 34.3 Å². The van der Waals surface area contributed by atoms with Crippen LogP contribution >= 0.6 is 11.6 Å². The molecule has 2 aromatic carbocycles. The number of benzene rings is 2. The normalized spacial score (nSPS) is 12.4. The second-order valence-corrected chi connectivity index (χ2v) is 10.8. The molecule has 1 atom stereocenters. The van der Waals surface area contributed by atoms with E-state index in [0.29, 0.717) is 6.42 Å². The molecule has 0 saturated carbocycles. The first-order valence-corrected chi connectivity index (χ1v) is 13.1. The van der Waals surface area contributed by atoms with E-state index in [1.165, 1.54) is 11.0 Å². The minimum atomic E-state index is -3.92. The van der Waals surface area contributed by atoms with Crippen molar-refractivity contribution in [1.82, 2.24) is 10.2 Å². The molecule has 2 rings (SSSR count). The molecule has 0 aliphatic rings. The Morgan fingerprint density at radius 1 is 1.15 bits per heavy atom. The van der Waals surface area contributed by atoms with Crippen LogP contribution in [-0.4, -0.2) is 50.0 Å². The van der Waals surface area contributed by atoms with Crippen LogP contribution in [0, 0.1) is 12.7 Å². The number of hydrogen-bond acceptors (Lipinski definition) is 4. The molecule has 0 radical (unpaired) electrons. The number of sulfonamides is 1. The zero-order valence-corrected chi connectivity index (χ0v) is 21.6. The van der Waals surface area contributed by atoms with Crippen LogP contribution in [0.1, 0.15) is 38.3 Å². The summed E-state index contributed by atoms with van der Waals surface area (Å²) in [6.07, 6.45) is 1.28. The van der Waals surface area contributed by atoms with Crippen molar-refractivity contribution >= 4 is 39.1 Å². The van der Waals surface area contributed by atoms with Gasteiger partial charge in [0.25, 0.3) is 0 Å². The first-order chi connectivity index (χ1) is 15.8. The molecule has 34 heavy (non-hydrogen) atoms. The second kappa shape index (κ2) is 11.7. The van der Waals surface area contributed by atoms with Crippen LogP contribution < -0.4 is 9.62 Å². The smallest absolute Gasteiger partial charge is 0.244 e. The van der Waals surface area contributed by atoms with Gasteiger partial charge in [-0.25, -0.2) is 12.8 Å². The second-order valence-electron chi connectivity index (χ2n) is 8.47. The SMILES string of the molecule is CC[C@H](C(=O)NC(C)C)N(Cc1cccc(C)c1)C(=O)CN(c1ccc(F)c(Cl)c1)S(C)(=O)=O. The lowest BCUT2D eigenvalue weighted by Crippen LogP contribution is -2.53. The summed E-state index contributed by atoms with van der Waals surface area (Å²) >= 11 is 5.85. The maximum absolute atomic E-state index is 13.6. The van der Waals surface area contributed by atoms with E-state index in [1.807, 2.05) is 45.0 Å². The van der Waals surface area contributed by atoms with Gasteiger partial charge in [0.05, 0.1) is 17.0 Å². The number of nitrogens with zero attached hydrogens (tertiary/aromatic N) is 2. The number of aryl methyl sites for hydroxylation is 1. The third-order valence-corrected chi connectivity index (χ3v) is 6.55. The van der Waals surface area contributed by atoms with E-state index >= 15 is 0 Å². The summed E-state index contributed by atoms with van der Waals surface area (Å²) in [5.74, 6) is -1.60. The number of rotatable bonds is 10. The third kappa shape index (κ3) is 7.43. The third-order valence-electron chi connectivity index (χ3n) is 5.12. The van der Waals surface area contributed by atoms with Crippen molar-refractivity contribution in [1.29, 1.82) is 0 Å². The number of nitrogens with one attached hydrogen (secondary N) is 1. The van der Waals surface area contributed by atoms with E-state index in [2.05, 4.69) is 5.32 Å². The van der Waals surface area contributed by atoms with Crippen molar-refractivity contribution in [2.24, 2.45) is 0 Å². The van der Waals surface area contributed by atoms with Gasteiger partial charge in [0.1, 0.15) is 18.4 Å². The highest BCUT2D eigenvalue weighted by Crippen LogP contribution is 2.25. The quantitative estimate of drug-likeness (QED) is 0.524. The number of halogens is 2. The summed E-state index contributed by atoms with van der Waals surface area (Å²) < 4.78 is 39.6. The molecule has 0 aliphatic carbocycles. The highest BCUT2D eigenvalue weighted by Gasteiger charge is 2.32. The molecular formula is C24H31ClFN3O4S. The van der Waals surface area contributed by atoms with Gasteiger partial charge >= 0.3 is 0 Å². The summed E-state index contributed by atoms with van der Waals surface area (Å²) in [4.78, 5) is 27.8. The van der Waals surface area contributed by atoms with Gasteiger partial charge in [0.2, 0.25) is 21.8 Å². The lowest BCUT2D eigenvalue weighted by atomic mass is 10.1. The van der Waals surface area contributed by atoms with Gasteiger partial charge in [-0.05, 0) is 51.0 Å². The van der Waals surface area contributed by atoms with Crippen molar-refractivity contribution in [2.75, 3.05) is 17.1 Å². The van der Waals surface area contributed by atoms with Gasteiger partial charge in [-0.1, -0.05) is 48.4 Å². The molecule has 0 saturated heterocycles. The lowest BCUT2D eigenvalue weighted by Gasteiger charge is -2.33. The van der Waals surface area contributed by atoms with Crippen molar-refractivity contribution in [3.05, 3.63) is 64.4 Å². The minimum Gasteiger partial charge on any atom is -0.352 e. The zero-order valence-electron chi connectivity index (χ0n) is 20.0.